The molecule has 0 spiro atoms. The van der Waals surface area contributed by atoms with E-state index < -0.39 is 0 Å². The maximum absolute atomic E-state index is 12.4. The van der Waals surface area contributed by atoms with E-state index in [0.717, 1.165) is 4.88 Å². The number of hydrogen-bond acceptors (Lipinski definition) is 4. The summed E-state index contributed by atoms with van der Waals surface area (Å²) < 4.78 is 11.5. The van der Waals surface area contributed by atoms with Gasteiger partial charge in [0.2, 0.25) is 5.78 Å². The number of carbonyl (C=O) groups is 1. The molecule has 1 aliphatic rings. The molecule has 3 aromatic rings. The maximum atomic E-state index is 12.4. The smallest absolute Gasteiger partial charge is 0.232 e. The van der Waals surface area contributed by atoms with E-state index in [0.29, 0.717) is 38.4 Å². The summed E-state index contributed by atoms with van der Waals surface area (Å²) in [5.74, 6) is 1.24. The van der Waals surface area contributed by atoms with Crippen LogP contribution in [-0.2, 0) is 6.61 Å². The van der Waals surface area contributed by atoms with Gasteiger partial charge in [-0.3, -0.25) is 4.79 Å². The van der Waals surface area contributed by atoms with Crippen LogP contribution in [0.5, 0.6) is 11.5 Å². The molecule has 0 bridgehead atoms. The van der Waals surface area contributed by atoms with Gasteiger partial charge in [0.25, 0.3) is 0 Å². The number of ether oxygens (including phenoxy) is 2. The highest BCUT2D eigenvalue weighted by Crippen LogP contribution is 2.36. The molecule has 0 atom stereocenters. The minimum atomic E-state index is -0.130. The molecule has 1 aromatic heterocycles. The molecule has 26 heavy (non-hydrogen) atoms. The molecule has 2 aromatic carbocycles. The highest BCUT2D eigenvalue weighted by atomic mass is 35.5. The van der Waals surface area contributed by atoms with Crippen LogP contribution >= 0.6 is 34.5 Å². The Morgan fingerprint density at radius 2 is 1.88 bits per heavy atom. The first-order chi connectivity index (χ1) is 12.6. The molecular weight excluding hydrogens is 391 g/mol. The maximum Gasteiger partial charge on any atom is 0.232 e. The number of halogens is 2. The summed E-state index contributed by atoms with van der Waals surface area (Å²) in [5.41, 5.74) is 1.24. The van der Waals surface area contributed by atoms with E-state index in [-0.39, 0.29) is 12.4 Å². The van der Waals surface area contributed by atoms with Crippen molar-refractivity contribution in [2.45, 2.75) is 6.61 Å². The van der Waals surface area contributed by atoms with Crippen molar-refractivity contribution in [1.29, 1.82) is 0 Å². The molecule has 0 amide bonds. The van der Waals surface area contributed by atoms with Crippen molar-refractivity contribution in [3.63, 3.8) is 0 Å². The van der Waals surface area contributed by atoms with Crippen molar-refractivity contribution in [2.75, 3.05) is 0 Å². The van der Waals surface area contributed by atoms with E-state index in [4.69, 9.17) is 32.7 Å². The fraction of sp³-hybridized carbons (Fsp3) is 0.0500. The number of rotatable bonds is 4. The molecule has 1 aliphatic heterocycles. The topological polar surface area (TPSA) is 35.5 Å². The van der Waals surface area contributed by atoms with Crippen LogP contribution in [0.25, 0.3) is 6.08 Å². The molecule has 0 fully saturated rings. The number of benzene rings is 2. The minimum absolute atomic E-state index is 0.130. The second kappa shape index (κ2) is 7.16. The third-order valence-electron chi connectivity index (χ3n) is 3.90. The SMILES string of the molecule is O=C1/C(=C/c2cccs2)Oc2cc(OCc3c(Cl)cccc3Cl)ccc21. The number of Topliss-reactive ketones (excluding diaryl/α,β-unsaturated/α-hetero) is 1. The summed E-state index contributed by atoms with van der Waals surface area (Å²) in [7, 11) is 0. The molecule has 4 rings (SSSR count). The molecule has 0 aliphatic carbocycles. The average molecular weight is 403 g/mol. The van der Waals surface area contributed by atoms with Crippen molar-refractivity contribution in [2.24, 2.45) is 0 Å². The van der Waals surface area contributed by atoms with Gasteiger partial charge in [-0.05, 0) is 35.7 Å². The number of allylic oxidation sites excluding steroid dienone is 1. The van der Waals surface area contributed by atoms with Crippen LogP contribution in [0.3, 0.4) is 0 Å². The quantitative estimate of drug-likeness (QED) is 0.483. The fourth-order valence-electron chi connectivity index (χ4n) is 2.59. The predicted molar refractivity (Wildman–Crippen MR) is 104 cm³/mol. The van der Waals surface area contributed by atoms with E-state index in [1.165, 1.54) is 0 Å². The van der Waals surface area contributed by atoms with Gasteiger partial charge < -0.3 is 9.47 Å². The molecule has 3 nitrogen and oxygen atoms in total. The highest BCUT2D eigenvalue weighted by molar-refractivity contribution is 7.10. The molecule has 0 saturated carbocycles. The Kier molecular flexibility index (Phi) is 4.72. The number of fused-ring (bicyclic) bond motifs is 1. The Morgan fingerprint density at radius 1 is 1.08 bits per heavy atom. The fourth-order valence-corrected chi connectivity index (χ4v) is 3.74. The Hall–Kier alpha value is -2.27. The van der Waals surface area contributed by atoms with Gasteiger partial charge in [-0.15, -0.1) is 11.3 Å². The molecule has 0 radical (unpaired) electrons. The predicted octanol–water partition coefficient (Wildman–Crippen LogP) is 6.25. The Bertz CT molecular complexity index is 990. The summed E-state index contributed by atoms with van der Waals surface area (Å²) in [4.78, 5) is 13.4. The van der Waals surface area contributed by atoms with Gasteiger partial charge in [-0.1, -0.05) is 35.3 Å². The van der Waals surface area contributed by atoms with Crippen LogP contribution in [0.4, 0.5) is 0 Å². The van der Waals surface area contributed by atoms with Crippen molar-refractivity contribution in [3.05, 3.63) is 85.7 Å². The molecule has 0 saturated heterocycles. The van der Waals surface area contributed by atoms with Crippen LogP contribution in [0.1, 0.15) is 20.8 Å². The zero-order chi connectivity index (χ0) is 18.1. The summed E-state index contributed by atoms with van der Waals surface area (Å²) >= 11 is 13.9. The summed E-state index contributed by atoms with van der Waals surface area (Å²) in [6.07, 6.45) is 1.75. The van der Waals surface area contributed by atoms with Crippen LogP contribution in [0, 0.1) is 0 Å². The summed E-state index contributed by atoms with van der Waals surface area (Å²) in [6.45, 7) is 0.225. The van der Waals surface area contributed by atoms with E-state index in [9.17, 15) is 4.79 Å². The normalized spacial score (nSPS) is 14.4. The standard InChI is InChI=1S/C20H12Cl2O3S/c21-16-4-1-5-17(22)15(16)11-24-12-6-7-14-18(9-12)25-19(20(14)23)10-13-3-2-8-26-13/h1-10H,11H2/b19-10-. The van der Waals surface area contributed by atoms with Gasteiger partial charge in [0.05, 0.1) is 5.56 Å². The lowest BCUT2D eigenvalue weighted by atomic mass is 10.1. The Labute approximate surface area is 164 Å². The van der Waals surface area contributed by atoms with Crippen molar-refractivity contribution in [3.8, 4) is 11.5 Å². The average Bonchev–Trinajstić information content (AvgIpc) is 3.23. The first kappa shape index (κ1) is 17.2. The van der Waals surface area contributed by atoms with Crippen LogP contribution in [-0.4, -0.2) is 5.78 Å². The Morgan fingerprint density at radius 3 is 2.62 bits per heavy atom. The third-order valence-corrected chi connectivity index (χ3v) is 5.43. The van der Waals surface area contributed by atoms with Gasteiger partial charge in [-0.25, -0.2) is 0 Å². The second-order valence-electron chi connectivity index (χ2n) is 5.60. The number of thiophene rings is 1. The van der Waals surface area contributed by atoms with Crippen molar-refractivity contribution in [1.82, 2.24) is 0 Å². The molecule has 130 valence electrons. The highest BCUT2D eigenvalue weighted by Gasteiger charge is 2.27. The molecule has 0 unspecified atom stereocenters. The lowest BCUT2D eigenvalue weighted by Crippen LogP contribution is -1.98. The van der Waals surface area contributed by atoms with Crippen LogP contribution < -0.4 is 9.47 Å². The van der Waals surface area contributed by atoms with Gasteiger partial charge in [0.15, 0.2) is 5.76 Å². The third kappa shape index (κ3) is 3.36. The van der Waals surface area contributed by atoms with Crippen LogP contribution in [0.2, 0.25) is 10.0 Å². The minimum Gasteiger partial charge on any atom is -0.489 e. The number of hydrogen-bond donors (Lipinski definition) is 0. The number of carbonyl (C=O) groups excluding carboxylic acids is 1. The number of ketones is 1. The second-order valence-corrected chi connectivity index (χ2v) is 7.40. The molecule has 2 heterocycles. The zero-order valence-corrected chi connectivity index (χ0v) is 15.7. The van der Waals surface area contributed by atoms with E-state index in [2.05, 4.69) is 0 Å². The first-order valence-electron chi connectivity index (χ1n) is 7.79. The van der Waals surface area contributed by atoms with Crippen molar-refractivity contribution < 1.29 is 14.3 Å². The van der Waals surface area contributed by atoms with Gasteiger partial charge in [-0.2, -0.15) is 0 Å². The summed E-state index contributed by atoms with van der Waals surface area (Å²) in [6, 6.07) is 14.3. The lowest BCUT2D eigenvalue weighted by Gasteiger charge is -2.10. The largest absolute Gasteiger partial charge is 0.489 e. The van der Waals surface area contributed by atoms with Gasteiger partial charge in [0.1, 0.15) is 18.1 Å². The van der Waals surface area contributed by atoms with Gasteiger partial charge >= 0.3 is 0 Å². The van der Waals surface area contributed by atoms with Crippen LogP contribution in [0.15, 0.2) is 59.7 Å². The van der Waals surface area contributed by atoms with Crippen molar-refractivity contribution >= 4 is 46.4 Å². The first-order valence-corrected chi connectivity index (χ1v) is 9.43. The lowest BCUT2D eigenvalue weighted by molar-refractivity contribution is 0.101. The van der Waals surface area contributed by atoms with E-state index >= 15 is 0 Å². The summed E-state index contributed by atoms with van der Waals surface area (Å²) in [5, 5.41) is 3.04. The monoisotopic (exact) mass is 402 g/mol. The Balaban J connectivity index is 1.54. The molecular formula is C20H12Cl2O3S. The van der Waals surface area contributed by atoms with Gasteiger partial charge in [0, 0.05) is 32.6 Å². The van der Waals surface area contributed by atoms with E-state index in [1.54, 1.807) is 53.8 Å². The van der Waals surface area contributed by atoms with E-state index in [1.807, 2.05) is 17.5 Å². The molecule has 0 N–H and O–H groups in total. The zero-order valence-electron chi connectivity index (χ0n) is 13.4. The molecule has 6 heteroatoms.